The lowest BCUT2D eigenvalue weighted by Crippen LogP contribution is -2.32. The maximum Gasteiger partial charge on any atom is 0.323 e. The molecule has 1 rings (SSSR count). The summed E-state index contributed by atoms with van der Waals surface area (Å²) in [6.07, 6.45) is 0. The van der Waals surface area contributed by atoms with E-state index >= 15 is 0 Å². The Labute approximate surface area is 101 Å². The lowest BCUT2D eigenvalue weighted by atomic mass is 10.1. The predicted molar refractivity (Wildman–Crippen MR) is 65.6 cm³/mol. The number of carboxylic acids is 1. The molecule has 5 nitrogen and oxygen atoms in total. The normalized spacial score (nSPS) is 13.1. The Hall–Kier alpha value is -1.56. The molecule has 0 fully saturated rings. The number of anilines is 1. The number of sulfonamides is 1. The monoisotopic (exact) mass is 257 g/mol. The average Bonchev–Trinajstić information content (AvgIpc) is 2.22. The molecule has 1 aromatic carbocycles. The molecule has 0 aliphatic carbocycles. The summed E-state index contributed by atoms with van der Waals surface area (Å²) in [4.78, 5) is 10.7. The summed E-state index contributed by atoms with van der Waals surface area (Å²) in [6.45, 7) is 4.66. The second-order valence-electron chi connectivity index (χ2n) is 3.89. The van der Waals surface area contributed by atoms with Crippen LogP contribution in [0.2, 0.25) is 0 Å². The van der Waals surface area contributed by atoms with Crippen molar-refractivity contribution in [2.45, 2.75) is 26.0 Å². The van der Waals surface area contributed by atoms with E-state index in [-0.39, 0.29) is 0 Å². The van der Waals surface area contributed by atoms with Crippen molar-refractivity contribution in [1.29, 1.82) is 0 Å². The summed E-state index contributed by atoms with van der Waals surface area (Å²) >= 11 is 0. The molecule has 1 atom stereocenters. The highest BCUT2D eigenvalue weighted by molar-refractivity contribution is 7.94. The Morgan fingerprint density at radius 3 is 2.18 bits per heavy atom. The summed E-state index contributed by atoms with van der Waals surface area (Å²) < 4.78 is 25.8. The Morgan fingerprint density at radius 2 is 1.76 bits per heavy atom. The van der Waals surface area contributed by atoms with Crippen molar-refractivity contribution in [1.82, 2.24) is 0 Å². The molecule has 17 heavy (non-hydrogen) atoms. The Balaban J connectivity index is 3.11. The van der Waals surface area contributed by atoms with Crippen LogP contribution in [0.1, 0.15) is 18.1 Å². The van der Waals surface area contributed by atoms with Gasteiger partial charge in [0.15, 0.2) is 5.25 Å². The predicted octanol–water partition coefficient (Wildman–Crippen LogP) is 1.52. The lowest BCUT2D eigenvalue weighted by Gasteiger charge is -2.15. The van der Waals surface area contributed by atoms with Crippen molar-refractivity contribution >= 4 is 21.7 Å². The van der Waals surface area contributed by atoms with Crippen LogP contribution in [0.5, 0.6) is 0 Å². The van der Waals surface area contributed by atoms with E-state index in [0.717, 1.165) is 18.1 Å². The van der Waals surface area contributed by atoms with Crippen LogP contribution in [0.15, 0.2) is 18.2 Å². The standard InChI is InChI=1S/C11H15NO4S/c1-7-5-4-6-8(2)10(7)12-17(15,16)9(3)11(13)14/h4-6,9,12H,1-3H3,(H,13,14). The van der Waals surface area contributed by atoms with E-state index in [1.54, 1.807) is 26.0 Å². The first kappa shape index (κ1) is 13.5. The molecule has 0 saturated carbocycles. The fourth-order valence-electron chi connectivity index (χ4n) is 1.34. The van der Waals surface area contributed by atoms with E-state index in [9.17, 15) is 13.2 Å². The molecule has 1 aromatic rings. The smallest absolute Gasteiger partial charge is 0.323 e. The largest absolute Gasteiger partial charge is 0.480 e. The van der Waals surface area contributed by atoms with Gasteiger partial charge in [0.05, 0.1) is 5.69 Å². The molecular weight excluding hydrogens is 242 g/mol. The van der Waals surface area contributed by atoms with Crippen molar-refractivity contribution in [2.24, 2.45) is 0 Å². The van der Waals surface area contributed by atoms with Gasteiger partial charge in [-0.3, -0.25) is 9.52 Å². The zero-order valence-corrected chi connectivity index (χ0v) is 10.7. The van der Waals surface area contributed by atoms with Gasteiger partial charge in [-0.1, -0.05) is 18.2 Å². The van der Waals surface area contributed by atoms with Crippen LogP contribution in [0.25, 0.3) is 0 Å². The van der Waals surface area contributed by atoms with Gasteiger partial charge in [0.25, 0.3) is 0 Å². The minimum absolute atomic E-state index is 0.445. The first-order valence-corrected chi connectivity index (χ1v) is 6.61. The van der Waals surface area contributed by atoms with Crippen LogP contribution in [-0.4, -0.2) is 24.7 Å². The highest BCUT2D eigenvalue weighted by Gasteiger charge is 2.28. The summed E-state index contributed by atoms with van der Waals surface area (Å²) in [6, 6.07) is 5.33. The quantitative estimate of drug-likeness (QED) is 0.856. The van der Waals surface area contributed by atoms with E-state index in [2.05, 4.69) is 4.72 Å². The number of rotatable bonds is 4. The topological polar surface area (TPSA) is 83.5 Å². The van der Waals surface area contributed by atoms with Gasteiger partial charge < -0.3 is 5.11 Å². The number of hydrogen-bond acceptors (Lipinski definition) is 3. The van der Waals surface area contributed by atoms with E-state index < -0.39 is 21.2 Å². The molecule has 94 valence electrons. The summed E-state index contributed by atoms with van der Waals surface area (Å²) in [5.41, 5.74) is 1.96. The highest BCUT2D eigenvalue weighted by Crippen LogP contribution is 2.21. The van der Waals surface area contributed by atoms with Gasteiger partial charge >= 0.3 is 5.97 Å². The van der Waals surface area contributed by atoms with Gasteiger partial charge in [0.2, 0.25) is 10.0 Å². The van der Waals surface area contributed by atoms with E-state index in [1.165, 1.54) is 0 Å². The molecular formula is C11H15NO4S. The van der Waals surface area contributed by atoms with Gasteiger partial charge in [-0.2, -0.15) is 0 Å². The third-order valence-electron chi connectivity index (χ3n) is 2.54. The maximum absolute atomic E-state index is 11.8. The van der Waals surface area contributed by atoms with Crippen molar-refractivity contribution < 1.29 is 18.3 Å². The zero-order chi connectivity index (χ0) is 13.2. The molecule has 0 radical (unpaired) electrons. The van der Waals surface area contributed by atoms with E-state index in [4.69, 9.17) is 5.11 Å². The van der Waals surface area contributed by atoms with Gasteiger partial charge in [-0.15, -0.1) is 0 Å². The number of carboxylic acid groups (broad SMARTS) is 1. The van der Waals surface area contributed by atoms with Crippen LogP contribution < -0.4 is 4.72 Å². The van der Waals surface area contributed by atoms with Crippen LogP contribution in [0.4, 0.5) is 5.69 Å². The minimum Gasteiger partial charge on any atom is -0.480 e. The molecule has 2 N–H and O–H groups in total. The highest BCUT2D eigenvalue weighted by atomic mass is 32.2. The van der Waals surface area contributed by atoms with Crippen LogP contribution >= 0.6 is 0 Å². The molecule has 0 spiro atoms. The third-order valence-corrected chi connectivity index (χ3v) is 4.16. The molecule has 0 saturated heterocycles. The van der Waals surface area contributed by atoms with Crippen LogP contribution in [0.3, 0.4) is 0 Å². The second kappa shape index (κ2) is 4.75. The van der Waals surface area contributed by atoms with Gasteiger partial charge in [0, 0.05) is 0 Å². The molecule has 0 bridgehead atoms. The number of benzene rings is 1. The van der Waals surface area contributed by atoms with E-state index in [1.807, 2.05) is 6.07 Å². The maximum atomic E-state index is 11.8. The van der Waals surface area contributed by atoms with Crippen molar-refractivity contribution in [3.63, 3.8) is 0 Å². The molecule has 1 unspecified atom stereocenters. The van der Waals surface area contributed by atoms with Crippen molar-refractivity contribution in [3.8, 4) is 0 Å². The van der Waals surface area contributed by atoms with E-state index in [0.29, 0.717) is 5.69 Å². The zero-order valence-electron chi connectivity index (χ0n) is 9.89. The molecule has 0 aliphatic rings. The van der Waals surface area contributed by atoms with Crippen molar-refractivity contribution in [3.05, 3.63) is 29.3 Å². The minimum atomic E-state index is -3.91. The van der Waals surface area contributed by atoms with Gasteiger partial charge in [-0.25, -0.2) is 8.42 Å². The molecule has 0 heterocycles. The Bertz CT molecular complexity index is 516. The lowest BCUT2D eigenvalue weighted by molar-refractivity contribution is -0.136. The summed E-state index contributed by atoms with van der Waals surface area (Å²) in [5, 5.41) is 7.23. The first-order valence-electron chi connectivity index (χ1n) is 5.06. The van der Waals surface area contributed by atoms with Gasteiger partial charge in [0.1, 0.15) is 0 Å². The van der Waals surface area contributed by atoms with Crippen LogP contribution in [0, 0.1) is 13.8 Å². The third kappa shape index (κ3) is 2.97. The molecule has 6 heteroatoms. The Kier molecular flexibility index (Phi) is 3.77. The molecule has 0 amide bonds. The number of nitrogens with one attached hydrogen (secondary N) is 1. The molecule has 0 aliphatic heterocycles. The first-order chi connectivity index (χ1) is 7.75. The average molecular weight is 257 g/mol. The SMILES string of the molecule is Cc1cccc(C)c1NS(=O)(=O)C(C)C(=O)O. The van der Waals surface area contributed by atoms with Gasteiger partial charge in [-0.05, 0) is 31.9 Å². The Morgan fingerprint density at radius 1 is 1.29 bits per heavy atom. The fraction of sp³-hybridized carbons (Fsp3) is 0.364. The fourth-order valence-corrected chi connectivity index (χ4v) is 2.39. The summed E-state index contributed by atoms with van der Waals surface area (Å²) in [5.74, 6) is -1.37. The van der Waals surface area contributed by atoms with Crippen molar-refractivity contribution in [2.75, 3.05) is 4.72 Å². The number of carbonyl (C=O) groups is 1. The number of hydrogen-bond donors (Lipinski definition) is 2. The number of aliphatic carboxylic acids is 1. The summed E-state index contributed by atoms with van der Waals surface area (Å²) in [7, 11) is -3.91. The number of para-hydroxylation sites is 1. The van der Waals surface area contributed by atoms with Crippen LogP contribution in [-0.2, 0) is 14.8 Å². The molecule has 0 aromatic heterocycles. The number of aryl methyl sites for hydroxylation is 2. The second-order valence-corrected chi connectivity index (χ2v) is 5.90.